The van der Waals surface area contributed by atoms with E-state index in [2.05, 4.69) is 10.1 Å². The van der Waals surface area contributed by atoms with Crippen LogP contribution in [0.5, 0.6) is 5.88 Å². The number of carbonyl (C=O) groups is 2. The third kappa shape index (κ3) is 4.00. The highest BCUT2D eigenvalue weighted by atomic mass is 16.5. The number of rotatable bonds is 5. The smallest absolute Gasteiger partial charge is 0.274 e. The Morgan fingerprint density at radius 3 is 2.87 bits per heavy atom. The predicted molar refractivity (Wildman–Crippen MR) is 111 cm³/mol. The Bertz CT molecular complexity index is 1040. The monoisotopic (exact) mass is 410 g/mol. The summed E-state index contributed by atoms with van der Waals surface area (Å²) in [6.45, 7) is 1.17. The Balaban J connectivity index is 1.45. The van der Waals surface area contributed by atoms with Crippen LogP contribution in [0.2, 0.25) is 0 Å². The number of nitrogens with one attached hydrogen (secondary N) is 1. The Morgan fingerprint density at radius 1 is 1.30 bits per heavy atom. The van der Waals surface area contributed by atoms with E-state index in [1.54, 1.807) is 27.2 Å². The Morgan fingerprint density at radius 2 is 2.10 bits per heavy atom. The summed E-state index contributed by atoms with van der Waals surface area (Å²) in [4.78, 5) is 36.2. The van der Waals surface area contributed by atoms with Crippen molar-refractivity contribution in [2.24, 2.45) is 7.05 Å². The first-order valence-corrected chi connectivity index (χ1v) is 10.0. The molecular formula is C21H26N6O3. The molecule has 0 spiro atoms. The fourth-order valence-electron chi connectivity index (χ4n) is 3.67. The summed E-state index contributed by atoms with van der Waals surface area (Å²) < 4.78 is 7.01. The molecule has 9 nitrogen and oxygen atoms in total. The van der Waals surface area contributed by atoms with Gasteiger partial charge in [0.25, 0.3) is 11.8 Å². The van der Waals surface area contributed by atoms with Crippen molar-refractivity contribution < 1.29 is 14.3 Å². The van der Waals surface area contributed by atoms with Gasteiger partial charge in [0.2, 0.25) is 5.88 Å². The van der Waals surface area contributed by atoms with Crippen LogP contribution in [0.3, 0.4) is 0 Å². The second kappa shape index (κ2) is 8.17. The second-order valence-electron chi connectivity index (χ2n) is 7.80. The van der Waals surface area contributed by atoms with Crippen molar-refractivity contribution in [1.29, 1.82) is 0 Å². The number of ether oxygens (including phenoxy) is 1. The number of benzene rings is 1. The number of H-pyrrole nitrogens is 1. The standard InChI is InChI=1S/C21H26N6O3/c1-25(2)18(28)13-30-19-11-17(24-26(19)3)21(29)27-10-6-7-14(12-27)20-22-15-8-4-5-9-16(15)23-20/h4-5,8-9,11,14H,6-7,10,12-13H2,1-3H3,(H,22,23). The largest absolute Gasteiger partial charge is 0.468 e. The average Bonchev–Trinajstić information content (AvgIpc) is 3.35. The van der Waals surface area contributed by atoms with Gasteiger partial charge in [-0.1, -0.05) is 12.1 Å². The summed E-state index contributed by atoms with van der Waals surface area (Å²) in [5.74, 6) is 1.17. The summed E-state index contributed by atoms with van der Waals surface area (Å²) in [5, 5.41) is 4.29. The molecule has 0 bridgehead atoms. The van der Waals surface area contributed by atoms with Gasteiger partial charge in [-0.2, -0.15) is 5.10 Å². The highest BCUT2D eigenvalue weighted by Gasteiger charge is 2.29. The van der Waals surface area contributed by atoms with Crippen molar-refractivity contribution in [2.75, 3.05) is 33.8 Å². The van der Waals surface area contributed by atoms with Crippen molar-refractivity contribution >= 4 is 22.8 Å². The van der Waals surface area contributed by atoms with Crippen LogP contribution in [0.4, 0.5) is 0 Å². The van der Waals surface area contributed by atoms with Crippen LogP contribution >= 0.6 is 0 Å². The Kier molecular flexibility index (Phi) is 5.43. The van der Waals surface area contributed by atoms with Gasteiger partial charge in [-0.05, 0) is 25.0 Å². The molecule has 3 heterocycles. The van der Waals surface area contributed by atoms with Gasteiger partial charge in [-0.3, -0.25) is 9.59 Å². The number of hydrogen-bond donors (Lipinski definition) is 1. The molecule has 0 aliphatic carbocycles. The van der Waals surface area contributed by atoms with E-state index in [-0.39, 0.29) is 24.3 Å². The first-order chi connectivity index (χ1) is 14.4. The molecule has 1 unspecified atom stereocenters. The summed E-state index contributed by atoms with van der Waals surface area (Å²) in [6, 6.07) is 9.53. The molecule has 0 saturated carbocycles. The number of hydrogen-bond acceptors (Lipinski definition) is 5. The SMILES string of the molecule is CN(C)C(=O)COc1cc(C(=O)N2CCCC(c3nc4ccccc4[nH]3)C2)nn1C. The van der Waals surface area contributed by atoms with E-state index in [0.717, 1.165) is 29.7 Å². The Labute approximate surface area is 174 Å². The van der Waals surface area contributed by atoms with Gasteiger partial charge in [0.1, 0.15) is 5.82 Å². The van der Waals surface area contributed by atoms with Gasteiger partial charge in [0.15, 0.2) is 12.3 Å². The topological polar surface area (TPSA) is 96.3 Å². The van der Waals surface area contributed by atoms with Crippen LogP contribution in [0.15, 0.2) is 30.3 Å². The van der Waals surface area contributed by atoms with Gasteiger partial charge in [0, 0.05) is 46.2 Å². The number of para-hydroxylation sites is 2. The molecule has 1 aliphatic heterocycles. The lowest BCUT2D eigenvalue weighted by molar-refractivity contribution is -0.130. The quantitative estimate of drug-likeness (QED) is 0.692. The van der Waals surface area contributed by atoms with Crippen molar-refractivity contribution in [1.82, 2.24) is 29.5 Å². The van der Waals surface area contributed by atoms with Crippen LogP contribution in [0, 0.1) is 0 Å². The maximum Gasteiger partial charge on any atom is 0.274 e. The zero-order valence-electron chi connectivity index (χ0n) is 17.5. The lowest BCUT2D eigenvalue weighted by atomic mass is 9.97. The van der Waals surface area contributed by atoms with Gasteiger partial charge >= 0.3 is 0 Å². The fourth-order valence-corrected chi connectivity index (χ4v) is 3.67. The molecule has 158 valence electrons. The van der Waals surface area contributed by atoms with E-state index in [9.17, 15) is 9.59 Å². The number of carbonyl (C=O) groups excluding carboxylic acids is 2. The molecule has 30 heavy (non-hydrogen) atoms. The molecule has 1 aliphatic rings. The highest BCUT2D eigenvalue weighted by molar-refractivity contribution is 5.92. The van der Waals surface area contributed by atoms with E-state index in [1.807, 2.05) is 29.2 Å². The first-order valence-electron chi connectivity index (χ1n) is 10.0. The molecule has 3 aromatic rings. The van der Waals surface area contributed by atoms with Crippen molar-refractivity contribution in [3.05, 3.63) is 41.9 Å². The molecule has 4 rings (SSSR count). The Hall–Kier alpha value is -3.36. The van der Waals surface area contributed by atoms with Crippen molar-refractivity contribution in [3.8, 4) is 5.88 Å². The van der Waals surface area contributed by atoms with Crippen LogP contribution in [0.25, 0.3) is 11.0 Å². The van der Waals surface area contributed by atoms with E-state index < -0.39 is 0 Å². The van der Waals surface area contributed by atoms with Crippen LogP contribution in [-0.2, 0) is 11.8 Å². The van der Waals surface area contributed by atoms with Crippen LogP contribution < -0.4 is 4.74 Å². The van der Waals surface area contributed by atoms with Gasteiger partial charge < -0.3 is 19.5 Å². The van der Waals surface area contributed by atoms with Gasteiger partial charge in [0.05, 0.1) is 11.0 Å². The third-order valence-electron chi connectivity index (χ3n) is 5.40. The lowest BCUT2D eigenvalue weighted by Gasteiger charge is -2.31. The minimum absolute atomic E-state index is 0.0992. The minimum Gasteiger partial charge on any atom is -0.468 e. The average molecular weight is 410 g/mol. The predicted octanol–water partition coefficient (Wildman–Crippen LogP) is 1.78. The zero-order valence-corrected chi connectivity index (χ0v) is 17.5. The summed E-state index contributed by atoms with van der Waals surface area (Å²) >= 11 is 0. The molecule has 2 amide bonds. The number of likely N-dealkylation sites (tertiary alicyclic amines) is 1. The molecule has 1 atom stereocenters. The van der Waals surface area contributed by atoms with E-state index in [0.29, 0.717) is 24.7 Å². The van der Waals surface area contributed by atoms with Gasteiger partial charge in [-0.25, -0.2) is 9.67 Å². The van der Waals surface area contributed by atoms with E-state index in [1.165, 1.54) is 9.58 Å². The molecule has 9 heteroatoms. The number of aryl methyl sites for hydroxylation is 1. The normalized spacial score (nSPS) is 16.6. The molecule has 1 fully saturated rings. The minimum atomic E-state index is -0.159. The molecular weight excluding hydrogens is 384 g/mol. The van der Waals surface area contributed by atoms with E-state index in [4.69, 9.17) is 9.72 Å². The number of fused-ring (bicyclic) bond motifs is 1. The third-order valence-corrected chi connectivity index (χ3v) is 5.40. The number of imidazole rings is 1. The van der Waals surface area contributed by atoms with Gasteiger partial charge in [-0.15, -0.1) is 0 Å². The molecule has 1 N–H and O–H groups in total. The summed E-state index contributed by atoms with van der Waals surface area (Å²) in [7, 11) is 5.02. The molecule has 0 radical (unpaired) electrons. The number of nitrogens with zero attached hydrogens (tertiary/aromatic N) is 5. The molecule has 2 aromatic heterocycles. The van der Waals surface area contributed by atoms with Crippen molar-refractivity contribution in [3.63, 3.8) is 0 Å². The number of aromatic nitrogens is 4. The highest BCUT2D eigenvalue weighted by Crippen LogP contribution is 2.28. The lowest BCUT2D eigenvalue weighted by Crippen LogP contribution is -2.39. The summed E-state index contributed by atoms with van der Waals surface area (Å²) in [6.07, 6.45) is 1.88. The van der Waals surface area contributed by atoms with Crippen LogP contribution in [-0.4, -0.2) is 75.2 Å². The van der Waals surface area contributed by atoms with E-state index >= 15 is 0 Å². The molecule has 1 aromatic carbocycles. The molecule has 1 saturated heterocycles. The number of likely N-dealkylation sites (N-methyl/N-ethyl adjacent to an activating group) is 1. The number of amides is 2. The fraction of sp³-hybridized carbons (Fsp3) is 0.429. The maximum atomic E-state index is 13.0. The maximum absolute atomic E-state index is 13.0. The number of piperidine rings is 1. The van der Waals surface area contributed by atoms with Crippen molar-refractivity contribution in [2.45, 2.75) is 18.8 Å². The zero-order chi connectivity index (χ0) is 21.3. The first kappa shape index (κ1) is 19.9. The summed E-state index contributed by atoms with van der Waals surface area (Å²) in [5.41, 5.74) is 2.26. The van der Waals surface area contributed by atoms with Crippen LogP contribution in [0.1, 0.15) is 35.1 Å². The number of aromatic amines is 1. The second-order valence-corrected chi connectivity index (χ2v) is 7.80.